The molecule has 11 heavy (non-hydrogen) atoms. The molecule has 0 amide bonds. The molecule has 0 aromatic carbocycles. The molecule has 64 valence electrons. The zero-order chi connectivity index (χ0) is 8.48. The summed E-state index contributed by atoms with van der Waals surface area (Å²) in [5.74, 6) is 0. The van der Waals surface area contributed by atoms with E-state index in [4.69, 9.17) is 0 Å². The number of carbonyl (C=O) groups is 1. The molecule has 2 nitrogen and oxygen atoms in total. The van der Waals surface area contributed by atoms with Crippen molar-refractivity contribution in [1.82, 2.24) is 0 Å². The zero-order valence-corrected chi connectivity index (χ0v) is 5.60. The predicted octanol–water partition coefficient (Wildman–Crippen LogP) is 1.30. The highest BCUT2D eigenvalue weighted by molar-refractivity contribution is 5.60. The number of rotatable bonds is 3. The van der Waals surface area contributed by atoms with Gasteiger partial charge >= 0.3 is 6.18 Å². The molecule has 1 saturated heterocycles. The lowest BCUT2D eigenvalue weighted by Gasteiger charge is -2.02. The Balaban J connectivity index is 2.11. The van der Waals surface area contributed by atoms with Gasteiger partial charge in [0, 0.05) is 6.42 Å². The van der Waals surface area contributed by atoms with Gasteiger partial charge in [-0.2, -0.15) is 13.2 Å². The maximum atomic E-state index is 11.5. The standard InChI is InChI=1S/C6H7F3O2/c7-6(8,9)2-1-4-5(3-10)11-4/h3-5H,1-2H2/t4-,5-/m1/s1. The van der Waals surface area contributed by atoms with Crippen LogP contribution in [0.1, 0.15) is 12.8 Å². The number of hydrogen-bond donors (Lipinski definition) is 0. The normalized spacial score (nSPS) is 30.1. The second-order valence-corrected chi connectivity index (χ2v) is 2.43. The highest BCUT2D eigenvalue weighted by atomic mass is 19.4. The van der Waals surface area contributed by atoms with Gasteiger partial charge in [-0.15, -0.1) is 0 Å². The Morgan fingerprint density at radius 2 is 2.09 bits per heavy atom. The maximum absolute atomic E-state index is 11.5. The van der Waals surface area contributed by atoms with Crippen molar-refractivity contribution in [3.8, 4) is 0 Å². The van der Waals surface area contributed by atoms with E-state index in [1.807, 2.05) is 0 Å². The summed E-state index contributed by atoms with van der Waals surface area (Å²) in [6.07, 6.45) is -5.67. The average Bonchev–Trinajstić information content (AvgIpc) is 2.60. The van der Waals surface area contributed by atoms with E-state index in [0.29, 0.717) is 6.29 Å². The first kappa shape index (κ1) is 8.52. The largest absolute Gasteiger partial charge is 0.389 e. The Hall–Kier alpha value is -0.580. The third-order valence-corrected chi connectivity index (χ3v) is 1.47. The second-order valence-electron chi connectivity index (χ2n) is 2.43. The van der Waals surface area contributed by atoms with E-state index in [9.17, 15) is 18.0 Å². The summed E-state index contributed by atoms with van der Waals surface area (Å²) in [4.78, 5) is 9.90. The first-order valence-electron chi connectivity index (χ1n) is 3.20. The number of halogens is 3. The summed E-state index contributed by atoms with van der Waals surface area (Å²) in [6, 6.07) is 0. The Labute approximate surface area is 61.3 Å². The number of epoxide rings is 1. The van der Waals surface area contributed by atoms with E-state index in [2.05, 4.69) is 4.74 Å². The van der Waals surface area contributed by atoms with Crippen molar-refractivity contribution in [3.05, 3.63) is 0 Å². The molecule has 2 atom stereocenters. The molecule has 1 heterocycles. The first-order chi connectivity index (χ1) is 5.03. The number of ether oxygens (including phenoxy) is 1. The van der Waals surface area contributed by atoms with E-state index in [1.165, 1.54) is 0 Å². The summed E-state index contributed by atoms with van der Waals surface area (Å²) < 4.78 is 39.2. The van der Waals surface area contributed by atoms with Gasteiger partial charge in [0.25, 0.3) is 0 Å². The second kappa shape index (κ2) is 2.81. The van der Waals surface area contributed by atoms with Gasteiger partial charge < -0.3 is 9.53 Å². The fourth-order valence-electron chi connectivity index (χ4n) is 0.814. The minimum atomic E-state index is -4.14. The molecule has 0 aromatic rings. The van der Waals surface area contributed by atoms with Crippen molar-refractivity contribution >= 4 is 6.29 Å². The van der Waals surface area contributed by atoms with Crippen LogP contribution in [0.4, 0.5) is 13.2 Å². The van der Waals surface area contributed by atoms with Gasteiger partial charge in [-0.25, -0.2) is 0 Å². The molecule has 0 spiro atoms. The lowest BCUT2D eigenvalue weighted by molar-refractivity contribution is -0.136. The van der Waals surface area contributed by atoms with Crippen LogP contribution in [-0.2, 0) is 9.53 Å². The van der Waals surface area contributed by atoms with Crippen LogP contribution in [0.2, 0.25) is 0 Å². The molecule has 0 aromatic heterocycles. The van der Waals surface area contributed by atoms with Crippen molar-refractivity contribution < 1.29 is 22.7 Å². The Bertz CT molecular complexity index is 154. The van der Waals surface area contributed by atoms with Crippen LogP contribution < -0.4 is 0 Å². The quantitative estimate of drug-likeness (QED) is 0.469. The van der Waals surface area contributed by atoms with Crippen LogP contribution in [0.15, 0.2) is 0 Å². The highest BCUT2D eigenvalue weighted by Gasteiger charge is 2.41. The van der Waals surface area contributed by atoms with Crippen LogP contribution >= 0.6 is 0 Å². The highest BCUT2D eigenvalue weighted by Crippen LogP contribution is 2.30. The summed E-state index contributed by atoms with van der Waals surface area (Å²) >= 11 is 0. The van der Waals surface area contributed by atoms with E-state index in [1.54, 1.807) is 0 Å². The lowest BCUT2D eigenvalue weighted by Crippen LogP contribution is -2.09. The third kappa shape index (κ3) is 2.88. The maximum Gasteiger partial charge on any atom is 0.389 e. The minimum Gasteiger partial charge on any atom is -0.362 e. The van der Waals surface area contributed by atoms with E-state index < -0.39 is 24.8 Å². The molecule has 0 bridgehead atoms. The van der Waals surface area contributed by atoms with Crippen LogP contribution in [-0.4, -0.2) is 24.7 Å². The molecule has 0 N–H and O–H groups in total. The van der Waals surface area contributed by atoms with Gasteiger partial charge in [0.15, 0.2) is 6.29 Å². The van der Waals surface area contributed by atoms with Gasteiger partial charge in [0.05, 0.1) is 6.10 Å². The summed E-state index contributed by atoms with van der Waals surface area (Å²) in [6.45, 7) is 0. The zero-order valence-electron chi connectivity index (χ0n) is 5.60. The van der Waals surface area contributed by atoms with Gasteiger partial charge in [0.1, 0.15) is 6.10 Å². The Morgan fingerprint density at radius 3 is 2.45 bits per heavy atom. The topological polar surface area (TPSA) is 29.6 Å². The van der Waals surface area contributed by atoms with Crippen LogP contribution in [0.5, 0.6) is 0 Å². The molecule has 5 heteroatoms. The van der Waals surface area contributed by atoms with Gasteiger partial charge in [-0.05, 0) is 6.42 Å². The fourth-order valence-corrected chi connectivity index (χ4v) is 0.814. The number of hydrogen-bond acceptors (Lipinski definition) is 2. The van der Waals surface area contributed by atoms with Crippen molar-refractivity contribution in [1.29, 1.82) is 0 Å². The van der Waals surface area contributed by atoms with Crippen molar-refractivity contribution in [2.75, 3.05) is 0 Å². The molecule has 0 radical (unpaired) electrons. The van der Waals surface area contributed by atoms with E-state index >= 15 is 0 Å². The number of aldehydes is 1. The van der Waals surface area contributed by atoms with Crippen LogP contribution in [0.3, 0.4) is 0 Å². The molecule has 1 aliphatic rings. The van der Waals surface area contributed by atoms with Gasteiger partial charge in [-0.3, -0.25) is 0 Å². The molecule has 0 aliphatic carbocycles. The molecular formula is C6H7F3O2. The molecule has 1 rings (SSSR count). The average molecular weight is 168 g/mol. The minimum absolute atomic E-state index is 0.104. The predicted molar refractivity (Wildman–Crippen MR) is 30.0 cm³/mol. The third-order valence-electron chi connectivity index (χ3n) is 1.47. The van der Waals surface area contributed by atoms with Crippen molar-refractivity contribution in [3.63, 3.8) is 0 Å². The monoisotopic (exact) mass is 168 g/mol. The molecule has 1 aliphatic heterocycles. The van der Waals surface area contributed by atoms with Crippen LogP contribution in [0.25, 0.3) is 0 Å². The number of carbonyl (C=O) groups excluding carboxylic acids is 1. The molecule has 1 fully saturated rings. The summed E-state index contributed by atoms with van der Waals surface area (Å²) in [5.41, 5.74) is 0. The molecule has 0 saturated carbocycles. The first-order valence-corrected chi connectivity index (χ1v) is 3.20. The Kier molecular flexibility index (Phi) is 2.17. The SMILES string of the molecule is O=C[C@H]1O[C@@H]1CCC(F)(F)F. The van der Waals surface area contributed by atoms with Crippen molar-refractivity contribution in [2.24, 2.45) is 0 Å². The molecule has 0 unspecified atom stereocenters. The summed E-state index contributed by atoms with van der Waals surface area (Å²) in [5, 5.41) is 0. The lowest BCUT2D eigenvalue weighted by atomic mass is 10.2. The smallest absolute Gasteiger partial charge is 0.362 e. The van der Waals surface area contributed by atoms with Gasteiger partial charge in [-0.1, -0.05) is 0 Å². The Morgan fingerprint density at radius 1 is 1.45 bits per heavy atom. The van der Waals surface area contributed by atoms with Crippen LogP contribution in [0, 0.1) is 0 Å². The van der Waals surface area contributed by atoms with E-state index in [-0.39, 0.29) is 6.42 Å². The fraction of sp³-hybridized carbons (Fsp3) is 0.833. The molecular weight excluding hydrogens is 161 g/mol. The van der Waals surface area contributed by atoms with Gasteiger partial charge in [0.2, 0.25) is 0 Å². The van der Waals surface area contributed by atoms with Crippen molar-refractivity contribution in [2.45, 2.75) is 31.2 Å². The van der Waals surface area contributed by atoms with E-state index in [0.717, 1.165) is 0 Å². The summed E-state index contributed by atoms with van der Waals surface area (Å²) in [7, 11) is 0. The number of alkyl halides is 3.